The fourth-order valence-electron chi connectivity index (χ4n) is 6.71. The number of nitro benzene ring substituents is 1. The number of amides is 1. The quantitative estimate of drug-likeness (QED) is 0.0524. The van der Waals surface area contributed by atoms with Gasteiger partial charge in [-0.15, -0.1) is 0 Å². The highest BCUT2D eigenvalue weighted by Crippen LogP contribution is 2.47. The molecule has 1 aliphatic heterocycles. The van der Waals surface area contributed by atoms with Crippen molar-refractivity contribution in [1.29, 1.82) is 0 Å². The van der Waals surface area contributed by atoms with Gasteiger partial charge in [-0.3, -0.25) is 33.1 Å². The van der Waals surface area contributed by atoms with Crippen LogP contribution in [0.15, 0.2) is 77.7 Å². The summed E-state index contributed by atoms with van der Waals surface area (Å²) in [4.78, 5) is 34.8. The molecule has 306 valence electrons. The van der Waals surface area contributed by atoms with E-state index in [0.29, 0.717) is 39.3 Å². The van der Waals surface area contributed by atoms with Crippen LogP contribution >= 0.6 is 10.6 Å². The summed E-state index contributed by atoms with van der Waals surface area (Å²) >= 11 is 0. The number of nitrogens with one attached hydrogen (secondary N) is 1. The number of anilines is 2. The summed E-state index contributed by atoms with van der Waals surface area (Å²) in [5.41, 5.74) is 1.53. The number of sulfonamides is 1. The van der Waals surface area contributed by atoms with E-state index < -0.39 is 60.1 Å². The minimum atomic E-state index is -4.73. The van der Waals surface area contributed by atoms with Crippen LogP contribution in [-0.2, 0) is 37.3 Å². The molecular weight excluding hydrogens is 782 g/mol. The Kier molecular flexibility index (Phi) is 13.3. The lowest BCUT2D eigenvalue weighted by molar-refractivity contribution is -0.387. The van der Waals surface area contributed by atoms with Crippen molar-refractivity contribution in [2.45, 2.75) is 70.4 Å². The topological polar surface area (TPSA) is 206 Å². The van der Waals surface area contributed by atoms with Crippen molar-refractivity contribution in [2.24, 2.45) is 0 Å². The normalized spacial score (nSPS) is 15.3. The van der Waals surface area contributed by atoms with E-state index in [0.717, 1.165) is 22.5 Å². The van der Waals surface area contributed by atoms with Crippen molar-refractivity contribution in [3.63, 3.8) is 0 Å². The third-order valence-corrected chi connectivity index (χ3v) is 13.2. The maximum absolute atomic E-state index is 15.6. The first-order valence-electron chi connectivity index (χ1n) is 18.1. The van der Waals surface area contributed by atoms with Crippen molar-refractivity contribution >= 4 is 49.6 Å². The number of nitrogens with zero attached hydrogens (tertiary/aromatic N) is 2. The second-order valence-corrected chi connectivity index (χ2v) is 18.3. The van der Waals surface area contributed by atoms with Gasteiger partial charge in [-0.2, -0.15) is 10.6 Å². The fraction of sp³-hybridized carbons (Fsp3) is 0.350. The standard InChI is InChI=1S/C40H46FN3O11S2/c1-5-54-38(46)15-12-30-11-13-31(23-34(30)41)43(57(52,53)37-9-7-6-8-36(37)44(48)49)24-29-10-14-35(42-28(4)45)33(22-29)39-26(2)20-32(21-27(39)3)55-25-40(47)16-18-56(50,51)19-17-40/h6-11,13-14,20-23,47,50-51H,5,12,15-19,24-25H2,1-4H3,(H,42,45). The van der Waals surface area contributed by atoms with Gasteiger partial charge in [0.25, 0.3) is 15.7 Å². The predicted molar refractivity (Wildman–Crippen MR) is 216 cm³/mol. The molecule has 0 unspecified atom stereocenters. The molecule has 1 fully saturated rings. The van der Waals surface area contributed by atoms with Gasteiger partial charge in [0.05, 0.1) is 23.8 Å². The zero-order valence-corrected chi connectivity index (χ0v) is 33.6. The highest BCUT2D eigenvalue weighted by Gasteiger charge is 2.37. The number of carbonyl (C=O) groups is 2. The molecule has 0 bridgehead atoms. The Morgan fingerprint density at radius 3 is 2.30 bits per heavy atom. The average molecular weight is 828 g/mol. The van der Waals surface area contributed by atoms with E-state index in [1.165, 1.54) is 31.2 Å². The fourth-order valence-corrected chi connectivity index (χ4v) is 9.94. The smallest absolute Gasteiger partial charge is 0.306 e. The number of hydrogen-bond acceptors (Lipinski definition) is 11. The Hall–Kier alpha value is -5.07. The number of carbonyl (C=O) groups excluding carboxylic acids is 2. The van der Waals surface area contributed by atoms with Crippen LogP contribution in [0.25, 0.3) is 11.1 Å². The Labute approximate surface area is 332 Å². The van der Waals surface area contributed by atoms with Crippen LogP contribution in [-0.4, -0.2) is 69.8 Å². The number of rotatable bonds is 15. The van der Waals surface area contributed by atoms with Crippen molar-refractivity contribution in [1.82, 2.24) is 0 Å². The van der Waals surface area contributed by atoms with Crippen molar-refractivity contribution in [2.75, 3.05) is 34.3 Å². The van der Waals surface area contributed by atoms with Crippen LogP contribution < -0.4 is 14.4 Å². The maximum Gasteiger partial charge on any atom is 0.306 e. The van der Waals surface area contributed by atoms with Crippen LogP contribution in [0, 0.1) is 29.8 Å². The number of aliphatic hydroxyl groups is 1. The Morgan fingerprint density at radius 1 is 1.02 bits per heavy atom. The van der Waals surface area contributed by atoms with Gasteiger partial charge in [0.15, 0.2) is 4.90 Å². The lowest BCUT2D eigenvalue weighted by Crippen LogP contribution is -2.42. The van der Waals surface area contributed by atoms with Crippen LogP contribution in [0.1, 0.15) is 55.4 Å². The molecule has 0 aromatic heterocycles. The van der Waals surface area contributed by atoms with E-state index in [1.54, 1.807) is 37.3 Å². The maximum atomic E-state index is 15.6. The molecule has 0 saturated carbocycles. The van der Waals surface area contributed by atoms with Crippen LogP contribution in [0.5, 0.6) is 5.75 Å². The molecule has 1 saturated heterocycles. The molecule has 1 aliphatic rings. The minimum absolute atomic E-state index is 0.00583. The minimum Gasteiger partial charge on any atom is -0.491 e. The molecule has 17 heteroatoms. The van der Waals surface area contributed by atoms with Gasteiger partial charge in [0, 0.05) is 42.2 Å². The lowest BCUT2D eigenvalue weighted by atomic mass is 9.92. The second-order valence-electron chi connectivity index (χ2n) is 14.0. The summed E-state index contributed by atoms with van der Waals surface area (Å²) in [5, 5.41) is 25.8. The van der Waals surface area contributed by atoms with Gasteiger partial charge in [-0.05, 0) is 110 Å². The van der Waals surface area contributed by atoms with Gasteiger partial charge in [0.2, 0.25) is 5.91 Å². The average Bonchev–Trinajstić information content (AvgIpc) is 3.14. The van der Waals surface area contributed by atoms with E-state index in [9.17, 15) is 42.3 Å². The number of esters is 1. The molecule has 0 radical (unpaired) electrons. The first kappa shape index (κ1) is 43.1. The third-order valence-electron chi connectivity index (χ3n) is 9.65. The van der Waals surface area contributed by atoms with Gasteiger partial charge in [-0.25, -0.2) is 12.8 Å². The molecule has 0 atom stereocenters. The Balaban J connectivity index is 1.55. The first-order chi connectivity index (χ1) is 26.8. The third kappa shape index (κ3) is 10.5. The summed E-state index contributed by atoms with van der Waals surface area (Å²) in [6, 6.07) is 16.9. The largest absolute Gasteiger partial charge is 0.491 e. The van der Waals surface area contributed by atoms with E-state index >= 15 is 4.39 Å². The zero-order chi connectivity index (χ0) is 41.7. The second kappa shape index (κ2) is 17.6. The Morgan fingerprint density at radius 2 is 1.68 bits per heavy atom. The molecule has 1 heterocycles. The number of para-hydroxylation sites is 1. The monoisotopic (exact) mass is 827 g/mol. The van der Waals surface area contributed by atoms with Crippen molar-refractivity contribution in [3.8, 4) is 16.9 Å². The van der Waals surface area contributed by atoms with E-state index in [-0.39, 0.29) is 67.6 Å². The number of halogens is 1. The zero-order valence-electron chi connectivity index (χ0n) is 32.0. The number of hydrogen-bond donors (Lipinski definition) is 4. The van der Waals surface area contributed by atoms with Crippen LogP contribution in [0.2, 0.25) is 0 Å². The molecule has 1 amide bonds. The van der Waals surface area contributed by atoms with Crippen LogP contribution in [0.4, 0.5) is 21.5 Å². The summed E-state index contributed by atoms with van der Waals surface area (Å²) in [6.45, 7) is 6.32. The predicted octanol–water partition coefficient (Wildman–Crippen LogP) is 7.52. The summed E-state index contributed by atoms with van der Waals surface area (Å²) in [5.74, 6) is -1.05. The van der Waals surface area contributed by atoms with E-state index in [1.807, 2.05) is 13.8 Å². The van der Waals surface area contributed by atoms with E-state index in [4.69, 9.17) is 9.47 Å². The number of ether oxygens (including phenoxy) is 2. The summed E-state index contributed by atoms with van der Waals surface area (Å²) in [6.07, 6.45) is 0.244. The summed E-state index contributed by atoms with van der Waals surface area (Å²) in [7, 11) is -7.43. The lowest BCUT2D eigenvalue weighted by Gasteiger charge is -2.43. The van der Waals surface area contributed by atoms with E-state index in [2.05, 4.69) is 5.32 Å². The molecule has 4 N–H and O–H groups in total. The highest BCUT2D eigenvalue weighted by atomic mass is 32.3. The van der Waals surface area contributed by atoms with Crippen LogP contribution in [0.3, 0.4) is 0 Å². The van der Waals surface area contributed by atoms with Gasteiger partial charge in [-0.1, -0.05) is 24.3 Å². The molecule has 14 nitrogen and oxygen atoms in total. The number of nitro groups is 1. The van der Waals surface area contributed by atoms with Crippen molar-refractivity contribution < 1.29 is 51.0 Å². The molecule has 0 aliphatic carbocycles. The SMILES string of the molecule is CCOC(=O)CCc1ccc(N(Cc2ccc(NC(C)=O)c(-c3c(C)cc(OCC4(O)CCS(O)(O)CC4)cc3C)c2)S(=O)(=O)c2ccccc2[N+](=O)[O-])cc1F. The van der Waals surface area contributed by atoms with Crippen molar-refractivity contribution in [3.05, 3.63) is 111 Å². The summed E-state index contributed by atoms with van der Waals surface area (Å²) < 4.78 is 76.2. The van der Waals surface area contributed by atoms with Gasteiger partial charge >= 0.3 is 5.97 Å². The number of benzene rings is 4. The molecule has 4 aromatic carbocycles. The Bertz CT molecular complexity index is 2250. The highest BCUT2D eigenvalue weighted by molar-refractivity contribution is 8.24. The molecule has 57 heavy (non-hydrogen) atoms. The van der Waals surface area contributed by atoms with Gasteiger partial charge in [0.1, 0.15) is 23.8 Å². The van der Waals surface area contributed by atoms with Gasteiger partial charge < -0.3 is 19.9 Å². The molecule has 5 rings (SSSR count). The molecular formula is C40H46FN3O11S2. The molecule has 0 spiro atoms. The first-order valence-corrected chi connectivity index (χ1v) is 21.5. The number of aryl methyl sites for hydroxylation is 3. The molecule has 4 aromatic rings.